The van der Waals surface area contributed by atoms with Crippen LogP contribution in [0.4, 0.5) is 13.2 Å². The lowest BCUT2D eigenvalue weighted by atomic mass is 10.0. The van der Waals surface area contributed by atoms with E-state index in [1.807, 2.05) is 0 Å². The highest BCUT2D eigenvalue weighted by atomic mass is 79.9. The van der Waals surface area contributed by atoms with Gasteiger partial charge >= 0.3 is 6.18 Å². The second-order valence-corrected chi connectivity index (χ2v) is 5.84. The van der Waals surface area contributed by atoms with Crippen molar-refractivity contribution < 1.29 is 18.3 Å². The van der Waals surface area contributed by atoms with Gasteiger partial charge in [-0.15, -0.1) is 12.4 Å². The first kappa shape index (κ1) is 18.5. The monoisotopic (exact) mass is 475 g/mol. The summed E-state index contributed by atoms with van der Waals surface area (Å²) in [5.41, 5.74) is 5.68. The molecule has 0 saturated heterocycles. The number of rotatable bonds is 2. The van der Waals surface area contributed by atoms with Crippen molar-refractivity contribution in [2.45, 2.75) is 18.6 Å². The molecule has 0 aliphatic heterocycles. The fourth-order valence-electron chi connectivity index (χ4n) is 1.29. The van der Waals surface area contributed by atoms with Crippen LogP contribution in [0.3, 0.4) is 0 Å². The standard InChI is InChI=1S/C9H7Br3F3NO.ClH/c10-3-1-4(11)8(17)7(12)6(3)5(16)2-9(13,14)15;/h1,5,17H,2,16H2;1H/t5-;/m0./s1. The van der Waals surface area contributed by atoms with Crippen LogP contribution in [0, 0.1) is 0 Å². The maximum absolute atomic E-state index is 12.3. The average Bonchev–Trinajstić information content (AvgIpc) is 2.11. The highest BCUT2D eigenvalue weighted by molar-refractivity contribution is 9.11. The van der Waals surface area contributed by atoms with Gasteiger partial charge in [-0.25, -0.2) is 0 Å². The van der Waals surface area contributed by atoms with E-state index in [-0.39, 0.29) is 28.2 Å². The van der Waals surface area contributed by atoms with Crippen molar-refractivity contribution in [2.24, 2.45) is 5.73 Å². The predicted molar refractivity (Wildman–Crippen MR) is 76.1 cm³/mol. The number of aromatic hydroxyl groups is 1. The van der Waals surface area contributed by atoms with E-state index in [0.29, 0.717) is 8.95 Å². The first-order valence-electron chi connectivity index (χ1n) is 4.32. The minimum Gasteiger partial charge on any atom is -0.506 e. The van der Waals surface area contributed by atoms with Crippen LogP contribution in [-0.4, -0.2) is 11.3 Å². The van der Waals surface area contributed by atoms with E-state index >= 15 is 0 Å². The molecule has 0 saturated carbocycles. The summed E-state index contributed by atoms with van der Waals surface area (Å²) in [5, 5.41) is 9.61. The van der Waals surface area contributed by atoms with Gasteiger partial charge in [-0.05, 0) is 37.9 Å². The number of hydrogen-bond acceptors (Lipinski definition) is 2. The van der Waals surface area contributed by atoms with Gasteiger partial charge in [-0.1, -0.05) is 15.9 Å². The summed E-state index contributed by atoms with van der Waals surface area (Å²) in [6, 6.07) is 0.198. The van der Waals surface area contributed by atoms with E-state index in [1.165, 1.54) is 6.07 Å². The lowest BCUT2D eigenvalue weighted by molar-refractivity contribution is -0.138. The molecule has 0 aliphatic rings. The molecule has 0 radical (unpaired) electrons. The van der Waals surface area contributed by atoms with Crippen molar-refractivity contribution in [3.05, 3.63) is 25.0 Å². The molecule has 18 heavy (non-hydrogen) atoms. The Labute approximate surface area is 133 Å². The SMILES string of the molecule is Cl.N[C@@H](CC(F)(F)F)c1c(Br)cc(Br)c(O)c1Br. The summed E-state index contributed by atoms with van der Waals surface area (Å²) in [6.45, 7) is 0. The molecule has 0 aromatic heterocycles. The van der Waals surface area contributed by atoms with Gasteiger partial charge in [0.1, 0.15) is 5.75 Å². The Kier molecular flexibility index (Phi) is 6.97. The van der Waals surface area contributed by atoms with E-state index in [0.717, 1.165) is 0 Å². The van der Waals surface area contributed by atoms with Crippen LogP contribution in [-0.2, 0) is 0 Å². The zero-order valence-electron chi connectivity index (χ0n) is 8.56. The van der Waals surface area contributed by atoms with Gasteiger partial charge in [-0.3, -0.25) is 0 Å². The van der Waals surface area contributed by atoms with Gasteiger partial charge in [-0.2, -0.15) is 13.2 Å². The molecule has 1 aromatic carbocycles. The van der Waals surface area contributed by atoms with Crippen molar-refractivity contribution in [3.63, 3.8) is 0 Å². The van der Waals surface area contributed by atoms with Gasteiger partial charge in [0, 0.05) is 16.1 Å². The number of alkyl halides is 3. The molecular weight excluding hydrogens is 470 g/mol. The molecular formula is C9H8Br3ClF3NO. The fourth-order valence-corrected chi connectivity index (χ4v) is 3.99. The third kappa shape index (κ3) is 4.56. The molecule has 0 heterocycles. The summed E-state index contributed by atoms with van der Waals surface area (Å²) in [5.74, 6) is -0.180. The summed E-state index contributed by atoms with van der Waals surface area (Å²) in [6.07, 6.45) is -5.52. The fraction of sp³-hybridized carbons (Fsp3) is 0.333. The molecule has 0 bridgehead atoms. The zero-order chi connectivity index (χ0) is 13.4. The zero-order valence-corrected chi connectivity index (χ0v) is 14.1. The molecule has 0 aliphatic carbocycles. The van der Waals surface area contributed by atoms with E-state index in [4.69, 9.17) is 5.73 Å². The maximum Gasteiger partial charge on any atom is 0.390 e. The van der Waals surface area contributed by atoms with Gasteiger partial charge in [0.05, 0.1) is 15.4 Å². The Bertz CT molecular complexity index is 442. The number of hydrogen-bond donors (Lipinski definition) is 2. The number of phenolic OH excluding ortho intramolecular Hbond substituents is 1. The highest BCUT2D eigenvalue weighted by Crippen LogP contribution is 2.43. The van der Waals surface area contributed by atoms with Crippen LogP contribution in [0.15, 0.2) is 19.5 Å². The molecule has 0 amide bonds. The van der Waals surface area contributed by atoms with E-state index < -0.39 is 18.6 Å². The third-order valence-electron chi connectivity index (χ3n) is 2.00. The Morgan fingerprint density at radius 3 is 2.17 bits per heavy atom. The van der Waals surface area contributed by atoms with Crippen LogP contribution in [0.5, 0.6) is 5.75 Å². The summed E-state index contributed by atoms with van der Waals surface area (Å²) in [7, 11) is 0. The van der Waals surface area contributed by atoms with Crippen LogP contribution >= 0.6 is 60.2 Å². The Morgan fingerprint density at radius 1 is 1.22 bits per heavy atom. The highest BCUT2D eigenvalue weighted by Gasteiger charge is 2.33. The van der Waals surface area contributed by atoms with Crippen LogP contribution in [0.2, 0.25) is 0 Å². The Balaban J connectivity index is 0.00000289. The van der Waals surface area contributed by atoms with Gasteiger partial charge in [0.2, 0.25) is 0 Å². The third-order valence-corrected chi connectivity index (χ3v) is 4.07. The molecule has 9 heteroatoms. The molecule has 1 aromatic rings. The molecule has 0 spiro atoms. The van der Waals surface area contributed by atoms with Crippen LogP contribution in [0.1, 0.15) is 18.0 Å². The molecule has 1 atom stereocenters. The summed E-state index contributed by atoms with van der Waals surface area (Å²) >= 11 is 9.22. The number of nitrogens with two attached hydrogens (primary N) is 1. The second kappa shape index (κ2) is 6.78. The first-order chi connectivity index (χ1) is 7.63. The second-order valence-electron chi connectivity index (χ2n) is 3.34. The summed E-state index contributed by atoms with van der Waals surface area (Å²) < 4.78 is 37.7. The van der Waals surface area contributed by atoms with Gasteiger partial charge in [0.25, 0.3) is 0 Å². The minimum atomic E-state index is -4.36. The van der Waals surface area contributed by atoms with Gasteiger partial charge < -0.3 is 10.8 Å². The number of benzene rings is 1. The van der Waals surface area contributed by atoms with Crippen molar-refractivity contribution >= 4 is 60.2 Å². The van der Waals surface area contributed by atoms with Crippen molar-refractivity contribution in [3.8, 4) is 5.75 Å². The molecule has 0 fully saturated rings. The molecule has 3 N–H and O–H groups in total. The van der Waals surface area contributed by atoms with Gasteiger partial charge in [0.15, 0.2) is 0 Å². The smallest absolute Gasteiger partial charge is 0.390 e. The summed E-state index contributed by atoms with van der Waals surface area (Å²) in [4.78, 5) is 0. The Hall–Kier alpha value is 0.500. The number of phenols is 1. The van der Waals surface area contributed by atoms with E-state index in [2.05, 4.69) is 47.8 Å². The Morgan fingerprint density at radius 2 is 1.72 bits per heavy atom. The maximum atomic E-state index is 12.3. The average molecular weight is 478 g/mol. The topological polar surface area (TPSA) is 46.2 Å². The lowest BCUT2D eigenvalue weighted by Gasteiger charge is -2.18. The van der Waals surface area contributed by atoms with Crippen LogP contribution < -0.4 is 5.73 Å². The van der Waals surface area contributed by atoms with Crippen molar-refractivity contribution in [2.75, 3.05) is 0 Å². The minimum absolute atomic E-state index is 0. The predicted octanol–water partition coefficient (Wildman–Crippen LogP) is 5.05. The molecule has 2 nitrogen and oxygen atoms in total. The van der Waals surface area contributed by atoms with Crippen LogP contribution in [0.25, 0.3) is 0 Å². The molecule has 104 valence electrons. The molecule has 0 unspecified atom stereocenters. The van der Waals surface area contributed by atoms with Crippen molar-refractivity contribution in [1.82, 2.24) is 0 Å². The van der Waals surface area contributed by atoms with Crippen molar-refractivity contribution in [1.29, 1.82) is 0 Å². The quantitative estimate of drug-likeness (QED) is 0.625. The normalized spacial score (nSPS) is 13.1. The van der Waals surface area contributed by atoms with E-state index in [9.17, 15) is 18.3 Å². The largest absolute Gasteiger partial charge is 0.506 e. The lowest BCUT2D eigenvalue weighted by Crippen LogP contribution is -2.21. The first-order valence-corrected chi connectivity index (χ1v) is 6.70. The molecule has 1 rings (SSSR count). The number of halogens is 7. The van der Waals surface area contributed by atoms with E-state index in [1.54, 1.807) is 0 Å².